The maximum atomic E-state index is 12.2. The molecule has 3 N–H and O–H groups in total. The van der Waals surface area contributed by atoms with E-state index < -0.39 is 0 Å². The van der Waals surface area contributed by atoms with Crippen molar-refractivity contribution in [3.05, 3.63) is 77.1 Å². The molecule has 3 amide bonds. The number of amides is 3. The van der Waals surface area contributed by atoms with E-state index in [2.05, 4.69) is 20.9 Å². The normalized spacial score (nSPS) is 10.2. The number of aryl methyl sites for hydroxylation is 1. The summed E-state index contributed by atoms with van der Waals surface area (Å²) in [5.74, 6) is 0.741. The second-order valence-electron chi connectivity index (χ2n) is 6.13. The summed E-state index contributed by atoms with van der Waals surface area (Å²) in [5.41, 5.74) is 2.38. The molecule has 29 heavy (non-hydrogen) atoms. The lowest BCUT2D eigenvalue weighted by Gasteiger charge is -2.10. The number of ether oxygens (including phenoxy) is 1. The maximum absolute atomic E-state index is 12.2. The molecule has 3 rings (SSSR count). The molecule has 0 spiro atoms. The van der Waals surface area contributed by atoms with Gasteiger partial charge in [-0.15, -0.1) is 0 Å². The topological polar surface area (TPSA) is 92.4 Å². The van der Waals surface area contributed by atoms with Gasteiger partial charge in [-0.3, -0.25) is 9.78 Å². The zero-order chi connectivity index (χ0) is 20.8. The van der Waals surface area contributed by atoms with Crippen LogP contribution in [0.1, 0.15) is 16.1 Å². The highest BCUT2D eigenvalue weighted by molar-refractivity contribution is 6.31. The van der Waals surface area contributed by atoms with Crippen LogP contribution in [0.5, 0.6) is 11.5 Å². The summed E-state index contributed by atoms with van der Waals surface area (Å²) < 4.78 is 5.73. The molecular weight excluding hydrogens is 392 g/mol. The summed E-state index contributed by atoms with van der Waals surface area (Å²) in [6, 6.07) is 14.9. The molecule has 0 radical (unpaired) electrons. The standard InChI is InChI=1S/C21H19ClN4O3/c1-13-11-15(5-8-18(13)22)26-21(28)25-14-3-6-16(7-4-14)29-17-9-10-24-19(12-17)20(27)23-2/h3-12H,1-2H3,(H,23,27)(H2,25,26,28). The van der Waals surface area contributed by atoms with Crippen molar-refractivity contribution in [2.24, 2.45) is 0 Å². The lowest BCUT2D eigenvalue weighted by Crippen LogP contribution is -2.19. The lowest BCUT2D eigenvalue weighted by molar-refractivity contribution is 0.0958. The van der Waals surface area contributed by atoms with Gasteiger partial charge in [0.2, 0.25) is 0 Å². The van der Waals surface area contributed by atoms with Gasteiger partial charge in [-0.1, -0.05) is 11.6 Å². The van der Waals surface area contributed by atoms with Crippen molar-refractivity contribution < 1.29 is 14.3 Å². The Labute approximate surface area is 173 Å². The molecule has 0 bridgehead atoms. The summed E-state index contributed by atoms with van der Waals surface area (Å²) in [6.07, 6.45) is 1.50. The number of carbonyl (C=O) groups is 2. The highest BCUT2D eigenvalue weighted by Crippen LogP contribution is 2.24. The highest BCUT2D eigenvalue weighted by atomic mass is 35.5. The Balaban J connectivity index is 1.60. The fourth-order valence-corrected chi connectivity index (χ4v) is 2.60. The van der Waals surface area contributed by atoms with Crippen LogP contribution in [-0.4, -0.2) is 24.0 Å². The third kappa shape index (κ3) is 5.46. The van der Waals surface area contributed by atoms with Crippen LogP contribution >= 0.6 is 11.6 Å². The van der Waals surface area contributed by atoms with Gasteiger partial charge >= 0.3 is 6.03 Å². The first-order valence-electron chi connectivity index (χ1n) is 8.75. The number of nitrogens with one attached hydrogen (secondary N) is 3. The van der Waals surface area contributed by atoms with Crippen molar-refractivity contribution in [3.63, 3.8) is 0 Å². The molecular formula is C21H19ClN4O3. The number of anilines is 2. The minimum absolute atomic E-state index is 0.261. The Morgan fingerprint density at radius 3 is 2.31 bits per heavy atom. The molecule has 0 aliphatic rings. The summed E-state index contributed by atoms with van der Waals surface area (Å²) in [4.78, 5) is 27.8. The van der Waals surface area contributed by atoms with E-state index in [-0.39, 0.29) is 17.6 Å². The van der Waals surface area contributed by atoms with Crippen LogP contribution in [0.4, 0.5) is 16.2 Å². The van der Waals surface area contributed by atoms with E-state index in [4.69, 9.17) is 16.3 Å². The first kappa shape index (κ1) is 20.2. The number of pyridine rings is 1. The minimum atomic E-state index is -0.371. The van der Waals surface area contributed by atoms with E-state index in [1.807, 2.05) is 6.92 Å². The number of carbonyl (C=O) groups excluding carboxylic acids is 2. The van der Waals surface area contributed by atoms with Crippen LogP contribution < -0.4 is 20.7 Å². The Bertz CT molecular complexity index is 1040. The number of benzene rings is 2. The molecule has 7 nitrogen and oxygen atoms in total. The largest absolute Gasteiger partial charge is 0.457 e. The fourth-order valence-electron chi connectivity index (χ4n) is 2.49. The number of halogens is 1. The fraction of sp³-hybridized carbons (Fsp3) is 0.0952. The number of nitrogens with zero attached hydrogens (tertiary/aromatic N) is 1. The van der Waals surface area contributed by atoms with E-state index >= 15 is 0 Å². The van der Waals surface area contributed by atoms with Gasteiger partial charge in [-0.05, 0) is 61.0 Å². The molecule has 0 aliphatic carbocycles. The van der Waals surface area contributed by atoms with Gasteiger partial charge < -0.3 is 20.7 Å². The van der Waals surface area contributed by atoms with E-state index in [1.165, 1.54) is 13.2 Å². The van der Waals surface area contributed by atoms with Gasteiger partial charge in [0, 0.05) is 35.7 Å². The van der Waals surface area contributed by atoms with Crippen molar-refractivity contribution in [2.75, 3.05) is 17.7 Å². The van der Waals surface area contributed by atoms with Crippen molar-refractivity contribution in [2.45, 2.75) is 6.92 Å². The number of aromatic nitrogens is 1. The molecule has 3 aromatic rings. The highest BCUT2D eigenvalue weighted by Gasteiger charge is 2.08. The molecule has 0 saturated heterocycles. The van der Waals surface area contributed by atoms with E-state index in [0.29, 0.717) is 27.9 Å². The summed E-state index contributed by atoms with van der Waals surface area (Å²) in [6.45, 7) is 1.87. The Kier molecular flexibility index (Phi) is 6.31. The molecule has 2 aromatic carbocycles. The predicted octanol–water partition coefficient (Wildman–Crippen LogP) is 4.84. The predicted molar refractivity (Wildman–Crippen MR) is 113 cm³/mol. The number of hydrogen-bond acceptors (Lipinski definition) is 4. The van der Waals surface area contributed by atoms with Gasteiger partial charge in [-0.2, -0.15) is 0 Å². The quantitative estimate of drug-likeness (QED) is 0.561. The van der Waals surface area contributed by atoms with Crippen LogP contribution in [0.15, 0.2) is 60.8 Å². The second-order valence-corrected chi connectivity index (χ2v) is 6.53. The monoisotopic (exact) mass is 410 g/mol. The van der Waals surface area contributed by atoms with Crippen LogP contribution in [0.2, 0.25) is 5.02 Å². The average Bonchev–Trinajstić information content (AvgIpc) is 2.72. The Morgan fingerprint density at radius 2 is 1.62 bits per heavy atom. The lowest BCUT2D eigenvalue weighted by atomic mass is 10.2. The third-order valence-corrected chi connectivity index (χ3v) is 4.38. The first-order valence-corrected chi connectivity index (χ1v) is 9.12. The SMILES string of the molecule is CNC(=O)c1cc(Oc2ccc(NC(=O)Nc3ccc(Cl)c(C)c3)cc2)ccn1. The Morgan fingerprint density at radius 1 is 0.931 bits per heavy atom. The number of rotatable bonds is 5. The van der Waals surface area contributed by atoms with Crippen molar-refractivity contribution in [1.29, 1.82) is 0 Å². The van der Waals surface area contributed by atoms with Gasteiger partial charge in [0.05, 0.1) is 0 Å². The van der Waals surface area contributed by atoms with E-state index in [0.717, 1.165) is 5.56 Å². The zero-order valence-corrected chi connectivity index (χ0v) is 16.6. The molecule has 0 atom stereocenters. The van der Waals surface area contributed by atoms with Gasteiger partial charge in [0.25, 0.3) is 5.91 Å². The molecule has 0 saturated carbocycles. The number of urea groups is 1. The molecule has 1 aromatic heterocycles. The number of hydrogen-bond donors (Lipinski definition) is 3. The summed E-state index contributed by atoms with van der Waals surface area (Å²) in [5, 5.41) is 8.65. The molecule has 0 fully saturated rings. The van der Waals surface area contributed by atoms with Crippen molar-refractivity contribution in [3.8, 4) is 11.5 Å². The van der Waals surface area contributed by atoms with Gasteiger partial charge in [0.1, 0.15) is 17.2 Å². The molecule has 148 valence electrons. The first-order chi connectivity index (χ1) is 13.9. The average molecular weight is 411 g/mol. The molecule has 0 aliphatic heterocycles. The van der Waals surface area contributed by atoms with E-state index in [1.54, 1.807) is 54.6 Å². The van der Waals surface area contributed by atoms with Crippen LogP contribution in [0.25, 0.3) is 0 Å². The van der Waals surface area contributed by atoms with Crippen molar-refractivity contribution in [1.82, 2.24) is 10.3 Å². The van der Waals surface area contributed by atoms with E-state index in [9.17, 15) is 9.59 Å². The van der Waals surface area contributed by atoms with Crippen LogP contribution in [0.3, 0.4) is 0 Å². The Hall–Kier alpha value is -3.58. The molecule has 8 heteroatoms. The summed E-state index contributed by atoms with van der Waals surface area (Å²) >= 11 is 5.99. The zero-order valence-electron chi connectivity index (χ0n) is 15.8. The van der Waals surface area contributed by atoms with Crippen LogP contribution in [-0.2, 0) is 0 Å². The van der Waals surface area contributed by atoms with Crippen LogP contribution in [0, 0.1) is 6.92 Å². The summed E-state index contributed by atoms with van der Waals surface area (Å²) in [7, 11) is 1.54. The smallest absolute Gasteiger partial charge is 0.323 e. The van der Waals surface area contributed by atoms with Gasteiger partial charge in [0.15, 0.2) is 0 Å². The second kappa shape index (κ2) is 9.07. The van der Waals surface area contributed by atoms with Crippen molar-refractivity contribution >= 4 is 34.9 Å². The molecule has 1 heterocycles. The molecule has 0 unspecified atom stereocenters. The third-order valence-electron chi connectivity index (χ3n) is 3.95. The van der Waals surface area contributed by atoms with Gasteiger partial charge in [-0.25, -0.2) is 4.79 Å². The minimum Gasteiger partial charge on any atom is -0.457 e. The maximum Gasteiger partial charge on any atom is 0.323 e.